The number of thiophene rings is 1. The molecule has 0 saturated carbocycles. The van der Waals surface area contributed by atoms with E-state index in [1.807, 2.05) is 13.8 Å². The van der Waals surface area contributed by atoms with Gasteiger partial charge in [-0.3, -0.25) is 14.2 Å². The molecule has 138 valence electrons. The van der Waals surface area contributed by atoms with Gasteiger partial charge in [0.2, 0.25) is 5.91 Å². The van der Waals surface area contributed by atoms with E-state index in [9.17, 15) is 14.7 Å². The van der Waals surface area contributed by atoms with Crippen molar-refractivity contribution in [3.05, 3.63) is 27.1 Å². The standard InChI is InChI=1S/C16H22N4O3S.ClH/c1-9-10(2)24-15-14(9)16(23)20(8-19-15)4-3-13(22)18-6-11-5-17-7-12(11)21;/h8,11-12,17,21H,3-7H2,1-2H3,(H,18,22);1H. The highest BCUT2D eigenvalue weighted by atomic mass is 35.5. The highest BCUT2D eigenvalue weighted by Crippen LogP contribution is 2.25. The van der Waals surface area contributed by atoms with E-state index in [4.69, 9.17) is 0 Å². The van der Waals surface area contributed by atoms with Crippen molar-refractivity contribution in [2.45, 2.75) is 32.9 Å². The molecule has 25 heavy (non-hydrogen) atoms. The molecule has 1 saturated heterocycles. The Kier molecular flexibility index (Phi) is 6.56. The van der Waals surface area contributed by atoms with Gasteiger partial charge in [0, 0.05) is 43.4 Å². The topological polar surface area (TPSA) is 96.2 Å². The van der Waals surface area contributed by atoms with E-state index in [-0.39, 0.29) is 36.2 Å². The molecule has 2 aromatic heterocycles. The zero-order chi connectivity index (χ0) is 17.3. The van der Waals surface area contributed by atoms with Crippen LogP contribution in [0, 0.1) is 19.8 Å². The molecule has 0 spiro atoms. The maximum absolute atomic E-state index is 12.5. The maximum Gasteiger partial charge on any atom is 0.262 e. The fourth-order valence-corrected chi connectivity index (χ4v) is 3.90. The molecular weight excluding hydrogens is 364 g/mol. The molecule has 2 unspecified atom stereocenters. The normalized spacial score (nSPS) is 19.8. The molecule has 1 aliphatic heterocycles. The van der Waals surface area contributed by atoms with E-state index in [1.165, 1.54) is 22.2 Å². The molecule has 0 aromatic carbocycles. The van der Waals surface area contributed by atoms with Crippen LogP contribution in [0.25, 0.3) is 10.2 Å². The number of fused-ring (bicyclic) bond motifs is 1. The van der Waals surface area contributed by atoms with Gasteiger partial charge in [0.05, 0.1) is 17.8 Å². The molecule has 0 aliphatic carbocycles. The second-order valence-electron chi connectivity index (χ2n) is 6.25. The highest BCUT2D eigenvalue weighted by Gasteiger charge is 2.24. The van der Waals surface area contributed by atoms with Crippen LogP contribution in [-0.4, -0.2) is 46.3 Å². The average molecular weight is 387 g/mol. The van der Waals surface area contributed by atoms with E-state index in [2.05, 4.69) is 15.6 Å². The van der Waals surface area contributed by atoms with Gasteiger partial charge in [-0.25, -0.2) is 4.98 Å². The van der Waals surface area contributed by atoms with Crippen molar-refractivity contribution < 1.29 is 9.90 Å². The minimum Gasteiger partial charge on any atom is -0.391 e. The number of aliphatic hydroxyl groups is 1. The Morgan fingerprint density at radius 2 is 2.24 bits per heavy atom. The van der Waals surface area contributed by atoms with E-state index < -0.39 is 6.10 Å². The third kappa shape index (κ3) is 4.20. The number of aliphatic hydroxyl groups excluding tert-OH is 1. The van der Waals surface area contributed by atoms with Crippen LogP contribution < -0.4 is 16.2 Å². The molecule has 2 aromatic rings. The van der Waals surface area contributed by atoms with Crippen molar-refractivity contribution >= 4 is 39.9 Å². The van der Waals surface area contributed by atoms with Crippen molar-refractivity contribution in [1.29, 1.82) is 0 Å². The van der Waals surface area contributed by atoms with E-state index in [0.717, 1.165) is 15.3 Å². The summed E-state index contributed by atoms with van der Waals surface area (Å²) in [5.41, 5.74) is 0.874. The number of β-amino-alcohol motifs (C(OH)–C–C–N with tert-alkyl or cyclic N) is 1. The molecule has 1 fully saturated rings. The first-order valence-corrected chi connectivity index (χ1v) is 8.89. The lowest BCUT2D eigenvalue weighted by atomic mass is 10.1. The van der Waals surface area contributed by atoms with Crippen molar-refractivity contribution in [2.24, 2.45) is 5.92 Å². The number of hydrogen-bond donors (Lipinski definition) is 3. The minimum absolute atomic E-state index is 0. The molecule has 1 aliphatic rings. The summed E-state index contributed by atoms with van der Waals surface area (Å²) in [6, 6.07) is 0. The number of hydrogen-bond acceptors (Lipinski definition) is 6. The van der Waals surface area contributed by atoms with Crippen LogP contribution in [-0.2, 0) is 11.3 Å². The van der Waals surface area contributed by atoms with Crippen molar-refractivity contribution in [3.63, 3.8) is 0 Å². The van der Waals surface area contributed by atoms with Crippen LogP contribution in [0.5, 0.6) is 0 Å². The van der Waals surface area contributed by atoms with Gasteiger partial charge in [-0.1, -0.05) is 0 Å². The number of amides is 1. The predicted octanol–water partition coefficient (Wildman–Crippen LogP) is 0.583. The summed E-state index contributed by atoms with van der Waals surface area (Å²) in [4.78, 5) is 30.7. The molecule has 0 bridgehead atoms. The number of carbonyl (C=O) groups excluding carboxylic acids is 1. The lowest BCUT2D eigenvalue weighted by Crippen LogP contribution is -2.35. The Morgan fingerprint density at radius 1 is 1.48 bits per heavy atom. The predicted molar refractivity (Wildman–Crippen MR) is 101 cm³/mol. The summed E-state index contributed by atoms with van der Waals surface area (Å²) in [7, 11) is 0. The van der Waals surface area contributed by atoms with Gasteiger partial charge < -0.3 is 15.7 Å². The first-order valence-electron chi connectivity index (χ1n) is 8.08. The fraction of sp³-hybridized carbons (Fsp3) is 0.562. The summed E-state index contributed by atoms with van der Waals surface area (Å²) in [6.07, 6.45) is 1.31. The number of aromatic nitrogens is 2. The number of nitrogens with zero attached hydrogens (tertiary/aromatic N) is 2. The van der Waals surface area contributed by atoms with Crippen LogP contribution in [0.15, 0.2) is 11.1 Å². The lowest BCUT2D eigenvalue weighted by Gasteiger charge is -2.14. The second-order valence-corrected chi connectivity index (χ2v) is 7.45. The third-order valence-corrected chi connectivity index (χ3v) is 5.72. The molecule has 9 heteroatoms. The summed E-state index contributed by atoms with van der Waals surface area (Å²) in [6.45, 7) is 5.93. The summed E-state index contributed by atoms with van der Waals surface area (Å²) >= 11 is 1.52. The Labute approximate surface area is 155 Å². The van der Waals surface area contributed by atoms with Crippen LogP contribution in [0.2, 0.25) is 0 Å². The number of halogens is 1. The van der Waals surface area contributed by atoms with Crippen LogP contribution in [0.3, 0.4) is 0 Å². The van der Waals surface area contributed by atoms with Gasteiger partial charge in [-0.2, -0.15) is 0 Å². The molecule has 3 N–H and O–H groups in total. The van der Waals surface area contributed by atoms with Crippen molar-refractivity contribution in [2.75, 3.05) is 19.6 Å². The first kappa shape index (κ1) is 19.8. The number of nitrogens with one attached hydrogen (secondary N) is 2. The van der Waals surface area contributed by atoms with E-state index in [0.29, 0.717) is 31.6 Å². The quantitative estimate of drug-likeness (QED) is 0.698. The van der Waals surface area contributed by atoms with E-state index in [1.54, 1.807) is 0 Å². The zero-order valence-electron chi connectivity index (χ0n) is 14.2. The zero-order valence-corrected chi connectivity index (χ0v) is 15.9. The van der Waals surface area contributed by atoms with Crippen LogP contribution in [0.1, 0.15) is 16.9 Å². The summed E-state index contributed by atoms with van der Waals surface area (Å²) < 4.78 is 1.49. The Morgan fingerprint density at radius 3 is 2.92 bits per heavy atom. The van der Waals surface area contributed by atoms with Gasteiger partial charge in [0.15, 0.2) is 0 Å². The van der Waals surface area contributed by atoms with Gasteiger partial charge in [-0.05, 0) is 19.4 Å². The second kappa shape index (κ2) is 8.27. The van der Waals surface area contributed by atoms with Gasteiger partial charge in [0.25, 0.3) is 5.56 Å². The molecule has 3 heterocycles. The first-order chi connectivity index (χ1) is 11.5. The van der Waals surface area contributed by atoms with Crippen molar-refractivity contribution in [1.82, 2.24) is 20.2 Å². The smallest absolute Gasteiger partial charge is 0.262 e. The highest BCUT2D eigenvalue weighted by molar-refractivity contribution is 7.18. The van der Waals surface area contributed by atoms with Crippen LogP contribution >= 0.6 is 23.7 Å². The largest absolute Gasteiger partial charge is 0.391 e. The molecular formula is C16H23ClN4O3S. The monoisotopic (exact) mass is 386 g/mol. The maximum atomic E-state index is 12.5. The molecule has 1 amide bonds. The summed E-state index contributed by atoms with van der Waals surface area (Å²) in [5, 5.41) is 16.3. The molecule has 7 nitrogen and oxygen atoms in total. The number of aryl methyl sites for hydroxylation is 3. The summed E-state index contributed by atoms with van der Waals surface area (Å²) in [5.74, 6) is -0.0783. The lowest BCUT2D eigenvalue weighted by molar-refractivity contribution is -0.121. The van der Waals surface area contributed by atoms with Gasteiger partial charge in [0.1, 0.15) is 4.83 Å². The molecule has 2 atom stereocenters. The van der Waals surface area contributed by atoms with Crippen LogP contribution in [0.4, 0.5) is 0 Å². The van der Waals surface area contributed by atoms with E-state index >= 15 is 0 Å². The number of carbonyl (C=O) groups is 1. The molecule has 3 rings (SSSR count). The molecule has 0 radical (unpaired) electrons. The van der Waals surface area contributed by atoms with Gasteiger partial charge in [-0.15, -0.1) is 23.7 Å². The Hall–Kier alpha value is -1.48. The average Bonchev–Trinajstić information content (AvgIpc) is 3.09. The van der Waals surface area contributed by atoms with Gasteiger partial charge >= 0.3 is 0 Å². The Bertz CT molecular complexity index is 820. The third-order valence-electron chi connectivity index (χ3n) is 4.60. The Balaban J connectivity index is 0.00000225. The van der Waals surface area contributed by atoms with Crippen molar-refractivity contribution in [3.8, 4) is 0 Å². The fourth-order valence-electron chi connectivity index (χ4n) is 2.91. The number of rotatable bonds is 5. The SMILES string of the molecule is Cc1sc2ncn(CCC(=O)NCC3CNCC3O)c(=O)c2c1C.Cl. The minimum atomic E-state index is -0.413.